The molecule has 0 fully saturated rings. The zero-order valence-corrected chi connectivity index (χ0v) is 10.4. The van der Waals surface area contributed by atoms with Gasteiger partial charge in [-0.15, -0.1) is 0 Å². The van der Waals surface area contributed by atoms with Gasteiger partial charge in [0.05, 0.1) is 18.1 Å². The number of benzene rings is 1. The van der Waals surface area contributed by atoms with Crippen LogP contribution in [0.25, 0.3) is 0 Å². The van der Waals surface area contributed by atoms with Gasteiger partial charge in [0.25, 0.3) is 0 Å². The standard InChI is InChI=1S/C15H17FN2/c1-12(13-5-3-2-4-6-13)7-8-18-15-9-14(16)10-17-11-15/h2-6,9-12,18H,7-8H2,1H3. The van der Waals surface area contributed by atoms with Gasteiger partial charge in [-0.25, -0.2) is 4.39 Å². The molecule has 0 saturated carbocycles. The van der Waals surface area contributed by atoms with E-state index >= 15 is 0 Å². The highest BCUT2D eigenvalue weighted by molar-refractivity contribution is 5.40. The molecule has 1 N–H and O–H groups in total. The van der Waals surface area contributed by atoms with Crippen LogP contribution in [0, 0.1) is 5.82 Å². The van der Waals surface area contributed by atoms with Crippen LogP contribution in [0.4, 0.5) is 10.1 Å². The molecule has 0 spiro atoms. The van der Waals surface area contributed by atoms with Gasteiger partial charge in [-0.3, -0.25) is 4.98 Å². The Balaban J connectivity index is 1.82. The quantitative estimate of drug-likeness (QED) is 0.864. The van der Waals surface area contributed by atoms with E-state index < -0.39 is 0 Å². The van der Waals surface area contributed by atoms with Crippen LogP contribution in [-0.2, 0) is 0 Å². The maximum atomic E-state index is 12.9. The van der Waals surface area contributed by atoms with E-state index in [1.165, 1.54) is 17.8 Å². The Hall–Kier alpha value is -1.90. The number of nitrogens with zero attached hydrogens (tertiary/aromatic N) is 1. The minimum Gasteiger partial charge on any atom is -0.384 e. The summed E-state index contributed by atoms with van der Waals surface area (Å²) in [6, 6.07) is 11.8. The van der Waals surface area contributed by atoms with Crippen molar-refractivity contribution >= 4 is 5.69 Å². The van der Waals surface area contributed by atoms with Gasteiger partial charge in [-0.2, -0.15) is 0 Å². The van der Waals surface area contributed by atoms with E-state index in [2.05, 4.69) is 41.5 Å². The number of hydrogen-bond acceptors (Lipinski definition) is 2. The molecule has 1 heterocycles. The summed E-state index contributed by atoms with van der Waals surface area (Å²) in [7, 11) is 0. The van der Waals surface area contributed by atoms with Crippen molar-refractivity contribution in [3.63, 3.8) is 0 Å². The van der Waals surface area contributed by atoms with Gasteiger partial charge in [0.1, 0.15) is 5.82 Å². The summed E-state index contributed by atoms with van der Waals surface area (Å²) >= 11 is 0. The predicted octanol–water partition coefficient (Wildman–Crippen LogP) is 3.83. The van der Waals surface area contributed by atoms with E-state index in [9.17, 15) is 4.39 Å². The molecule has 1 atom stereocenters. The summed E-state index contributed by atoms with van der Waals surface area (Å²) in [5.74, 6) is 0.177. The topological polar surface area (TPSA) is 24.9 Å². The number of rotatable bonds is 5. The maximum Gasteiger partial charge on any atom is 0.143 e. The first-order valence-electron chi connectivity index (χ1n) is 6.15. The average molecular weight is 244 g/mol. The van der Waals surface area contributed by atoms with Crippen LogP contribution >= 0.6 is 0 Å². The molecule has 0 aliphatic rings. The van der Waals surface area contributed by atoms with E-state index in [-0.39, 0.29) is 5.82 Å². The van der Waals surface area contributed by atoms with E-state index in [4.69, 9.17) is 0 Å². The average Bonchev–Trinajstić information content (AvgIpc) is 2.40. The van der Waals surface area contributed by atoms with Gasteiger partial charge < -0.3 is 5.32 Å². The van der Waals surface area contributed by atoms with Gasteiger partial charge >= 0.3 is 0 Å². The zero-order chi connectivity index (χ0) is 12.8. The monoisotopic (exact) mass is 244 g/mol. The second kappa shape index (κ2) is 6.15. The van der Waals surface area contributed by atoms with Crippen molar-refractivity contribution in [1.29, 1.82) is 0 Å². The summed E-state index contributed by atoms with van der Waals surface area (Å²) in [6.07, 6.45) is 3.84. The van der Waals surface area contributed by atoms with E-state index in [1.807, 2.05) is 6.07 Å². The van der Waals surface area contributed by atoms with Gasteiger partial charge in [-0.1, -0.05) is 37.3 Å². The minimum atomic E-state index is -0.309. The van der Waals surface area contributed by atoms with Crippen LogP contribution in [0.15, 0.2) is 48.8 Å². The van der Waals surface area contributed by atoms with Crippen LogP contribution in [0.5, 0.6) is 0 Å². The Morgan fingerprint density at radius 1 is 1.22 bits per heavy atom. The number of anilines is 1. The van der Waals surface area contributed by atoms with Crippen molar-refractivity contribution < 1.29 is 4.39 Å². The number of nitrogens with one attached hydrogen (secondary N) is 1. The van der Waals surface area contributed by atoms with Gasteiger partial charge in [0.2, 0.25) is 0 Å². The van der Waals surface area contributed by atoms with Crippen LogP contribution < -0.4 is 5.32 Å². The second-order valence-electron chi connectivity index (χ2n) is 4.42. The van der Waals surface area contributed by atoms with Crippen LogP contribution in [0.2, 0.25) is 0 Å². The number of aromatic nitrogens is 1. The molecule has 0 saturated heterocycles. The van der Waals surface area contributed by atoms with Crippen LogP contribution in [0.1, 0.15) is 24.8 Å². The third-order valence-electron chi connectivity index (χ3n) is 2.98. The molecule has 0 bridgehead atoms. The Morgan fingerprint density at radius 2 is 2.00 bits per heavy atom. The molecule has 2 nitrogen and oxygen atoms in total. The lowest BCUT2D eigenvalue weighted by molar-refractivity contribution is 0.621. The highest BCUT2D eigenvalue weighted by Crippen LogP contribution is 2.18. The molecule has 0 aliphatic carbocycles. The Bertz CT molecular complexity index is 485. The summed E-state index contributed by atoms with van der Waals surface area (Å²) in [5.41, 5.74) is 2.06. The molecule has 1 aromatic carbocycles. The van der Waals surface area contributed by atoms with Crippen molar-refractivity contribution in [2.45, 2.75) is 19.3 Å². The highest BCUT2D eigenvalue weighted by atomic mass is 19.1. The maximum absolute atomic E-state index is 12.9. The SMILES string of the molecule is CC(CCNc1cncc(F)c1)c1ccccc1. The first kappa shape index (κ1) is 12.6. The molecule has 1 aromatic heterocycles. The minimum absolute atomic E-state index is 0.309. The molecule has 0 aliphatic heterocycles. The smallest absolute Gasteiger partial charge is 0.143 e. The molecular formula is C15H17FN2. The predicted molar refractivity (Wildman–Crippen MR) is 72.2 cm³/mol. The molecule has 2 aromatic rings. The first-order valence-corrected chi connectivity index (χ1v) is 6.15. The highest BCUT2D eigenvalue weighted by Gasteiger charge is 2.04. The fourth-order valence-electron chi connectivity index (χ4n) is 1.89. The molecule has 94 valence electrons. The van der Waals surface area contributed by atoms with Gasteiger partial charge in [0.15, 0.2) is 0 Å². The summed E-state index contributed by atoms with van der Waals surface area (Å²) in [4.78, 5) is 3.80. The van der Waals surface area contributed by atoms with Crippen molar-refractivity contribution in [3.05, 3.63) is 60.2 Å². The fraction of sp³-hybridized carbons (Fsp3) is 0.267. The zero-order valence-electron chi connectivity index (χ0n) is 10.4. The van der Waals surface area contributed by atoms with Crippen molar-refractivity contribution in [2.24, 2.45) is 0 Å². The molecular weight excluding hydrogens is 227 g/mol. The van der Waals surface area contributed by atoms with E-state index in [1.54, 1.807) is 6.20 Å². The normalized spacial score (nSPS) is 12.1. The lowest BCUT2D eigenvalue weighted by Gasteiger charge is -2.12. The van der Waals surface area contributed by atoms with Crippen LogP contribution in [-0.4, -0.2) is 11.5 Å². The number of pyridine rings is 1. The summed E-state index contributed by atoms with van der Waals surface area (Å²) in [6.45, 7) is 3.00. The summed E-state index contributed by atoms with van der Waals surface area (Å²) in [5, 5.41) is 3.18. The van der Waals surface area contributed by atoms with E-state index in [0.717, 1.165) is 18.7 Å². The Kier molecular flexibility index (Phi) is 4.29. The molecule has 2 rings (SSSR count). The third kappa shape index (κ3) is 3.55. The fourth-order valence-corrected chi connectivity index (χ4v) is 1.89. The molecule has 1 unspecified atom stereocenters. The van der Waals surface area contributed by atoms with E-state index in [0.29, 0.717) is 5.92 Å². The lowest BCUT2D eigenvalue weighted by atomic mass is 9.98. The third-order valence-corrected chi connectivity index (χ3v) is 2.98. The largest absolute Gasteiger partial charge is 0.384 e. The Morgan fingerprint density at radius 3 is 2.72 bits per heavy atom. The van der Waals surface area contributed by atoms with Crippen molar-refractivity contribution in [2.75, 3.05) is 11.9 Å². The molecule has 0 radical (unpaired) electrons. The summed E-state index contributed by atoms with van der Waals surface area (Å²) < 4.78 is 12.9. The molecule has 3 heteroatoms. The van der Waals surface area contributed by atoms with Crippen molar-refractivity contribution in [1.82, 2.24) is 4.98 Å². The number of halogens is 1. The van der Waals surface area contributed by atoms with Crippen LogP contribution in [0.3, 0.4) is 0 Å². The van der Waals surface area contributed by atoms with Gasteiger partial charge in [0, 0.05) is 12.6 Å². The number of hydrogen-bond donors (Lipinski definition) is 1. The van der Waals surface area contributed by atoms with Crippen molar-refractivity contribution in [3.8, 4) is 0 Å². The first-order chi connectivity index (χ1) is 8.75. The second-order valence-corrected chi connectivity index (χ2v) is 4.42. The molecule has 0 amide bonds. The Labute approximate surface area is 107 Å². The lowest BCUT2D eigenvalue weighted by Crippen LogP contribution is -2.06. The van der Waals surface area contributed by atoms with Gasteiger partial charge in [-0.05, 0) is 17.9 Å². The molecule has 18 heavy (non-hydrogen) atoms.